The molecule has 2 rings (SSSR count). The van der Waals surface area contributed by atoms with E-state index in [0.717, 1.165) is 31.1 Å². The molecule has 0 bridgehead atoms. The minimum atomic E-state index is -0.245. The number of aromatic hydroxyl groups is 1. The predicted molar refractivity (Wildman–Crippen MR) is 91.7 cm³/mol. The summed E-state index contributed by atoms with van der Waals surface area (Å²) >= 11 is 0. The molecule has 1 aromatic carbocycles. The van der Waals surface area contributed by atoms with E-state index in [4.69, 9.17) is 9.47 Å². The van der Waals surface area contributed by atoms with Crippen molar-refractivity contribution in [2.45, 2.75) is 39.5 Å². The monoisotopic (exact) mass is 319 g/mol. The van der Waals surface area contributed by atoms with E-state index in [2.05, 4.69) is 13.8 Å². The number of aryl methyl sites for hydroxylation is 1. The molecule has 0 aliphatic rings. The molecule has 0 amide bonds. The predicted octanol–water partition coefficient (Wildman–Crippen LogP) is 3.60. The first kappa shape index (κ1) is 17.2. The van der Waals surface area contributed by atoms with Gasteiger partial charge in [-0.25, -0.2) is 0 Å². The Morgan fingerprint density at radius 2 is 1.65 bits per heavy atom. The van der Waals surface area contributed by atoms with Crippen molar-refractivity contribution in [3.63, 3.8) is 0 Å². The van der Waals surface area contributed by atoms with E-state index in [1.807, 2.05) is 0 Å². The lowest BCUT2D eigenvalue weighted by atomic mass is 10.1. The second-order valence-electron chi connectivity index (χ2n) is 5.63. The number of benzene rings is 1. The Kier molecular flexibility index (Phi) is 5.90. The Balaban J connectivity index is 2.55. The van der Waals surface area contributed by atoms with Gasteiger partial charge in [-0.2, -0.15) is 0 Å². The maximum absolute atomic E-state index is 12.6. The summed E-state index contributed by atoms with van der Waals surface area (Å²) in [6.45, 7) is 5.18. The number of hydrogen-bond donors (Lipinski definition) is 1. The zero-order chi connectivity index (χ0) is 16.8. The van der Waals surface area contributed by atoms with E-state index in [9.17, 15) is 9.90 Å². The Bertz CT molecular complexity index is 721. The first-order valence-electron chi connectivity index (χ1n) is 8.21. The Labute approximate surface area is 136 Å². The fourth-order valence-corrected chi connectivity index (χ4v) is 2.38. The van der Waals surface area contributed by atoms with Crippen LogP contribution in [0.4, 0.5) is 0 Å². The van der Waals surface area contributed by atoms with Crippen LogP contribution in [0.15, 0.2) is 23.0 Å². The lowest BCUT2D eigenvalue weighted by Crippen LogP contribution is -2.21. The Morgan fingerprint density at radius 1 is 1.04 bits per heavy atom. The van der Waals surface area contributed by atoms with E-state index < -0.39 is 0 Å². The Hall–Kier alpha value is -2.17. The molecule has 0 fully saturated rings. The molecule has 0 aliphatic heterocycles. The molecule has 126 valence electrons. The number of hydrogen-bond acceptors (Lipinski definition) is 4. The third-order valence-electron chi connectivity index (χ3n) is 3.78. The van der Waals surface area contributed by atoms with Crippen molar-refractivity contribution < 1.29 is 14.6 Å². The topological polar surface area (TPSA) is 60.7 Å². The summed E-state index contributed by atoms with van der Waals surface area (Å²) in [7, 11) is 1.67. The molecule has 0 saturated carbocycles. The van der Waals surface area contributed by atoms with Gasteiger partial charge < -0.3 is 19.1 Å². The second kappa shape index (κ2) is 7.90. The number of phenols is 1. The molecule has 1 aromatic heterocycles. The summed E-state index contributed by atoms with van der Waals surface area (Å²) in [5.41, 5.74) is 0.384. The third-order valence-corrected chi connectivity index (χ3v) is 3.78. The van der Waals surface area contributed by atoms with Gasteiger partial charge in [0.1, 0.15) is 5.75 Å². The van der Waals surface area contributed by atoms with Gasteiger partial charge in [0.25, 0.3) is 5.56 Å². The van der Waals surface area contributed by atoms with Crippen molar-refractivity contribution in [1.29, 1.82) is 0 Å². The van der Waals surface area contributed by atoms with E-state index in [1.54, 1.807) is 25.2 Å². The van der Waals surface area contributed by atoms with E-state index in [0.29, 0.717) is 24.5 Å². The third kappa shape index (κ3) is 3.78. The van der Waals surface area contributed by atoms with Crippen LogP contribution >= 0.6 is 0 Å². The van der Waals surface area contributed by atoms with Crippen molar-refractivity contribution in [2.75, 3.05) is 13.2 Å². The van der Waals surface area contributed by atoms with Crippen molar-refractivity contribution in [3.8, 4) is 17.2 Å². The van der Waals surface area contributed by atoms with Crippen LogP contribution in [0.25, 0.3) is 10.9 Å². The van der Waals surface area contributed by atoms with Gasteiger partial charge in [0.15, 0.2) is 5.75 Å². The van der Waals surface area contributed by atoms with Crippen LogP contribution in [0.3, 0.4) is 0 Å². The fourth-order valence-electron chi connectivity index (χ4n) is 2.38. The summed E-state index contributed by atoms with van der Waals surface area (Å²) in [4.78, 5) is 12.6. The van der Waals surface area contributed by atoms with Gasteiger partial charge in [-0.3, -0.25) is 4.79 Å². The van der Waals surface area contributed by atoms with Crippen LogP contribution in [0, 0.1) is 0 Å². The van der Waals surface area contributed by atoms with Gasteiger partial charge in [0.05, 0.1) is 18.7 Å². The maximum Gasteiger partial charge on any atom is 0.297 e. The van der Waals surface area contributed by atoms with Gasteiger partial charge in [-0.1, -0.05) is 26.7 Å². The van der Waals surface area contributed by atoms with Gasteiger partial charge in [-0.05, 0) is 25.0 Å². The second-order valence-corrected chi connectivity index (χ2v) is 5.63. The fraction of sp³-hybridized carbons (Fsp3) is 0.500. The van der Waals surface area contributed by atoms with Crippen LogP contribution < -0.4 is 15.0 Å². The molecular formula is C18H25NO4. The van der Waals surface area contributed by atoms with Crippen LogP contribution in [0.1, 0.15) is 39.5 Å². The van der Waals surface area contributed by atoms with Crippen LogP contribution in [-0.2, 0) is 7.05 Å². The summed E-state index contributed by atoms with van der Waals surface area (Å²) in [5, 5.41) is 10.5. The molecular weight excluding hydrogens is 294 g/mol. The molecule has 23 heavy (non-hydrogen) atoms. The lowest BCUT2D eigenvalue weighted by molar-refractivity contribution is 0.260. The number of fused-ring (bicyclic) bond motifs is 1. The molecule has 1 N–H and O–H groups in total. The average Bonchev–Trinajstić information content (AvgIpc) is 2.55. The average molecular weight is 319 g/mol. The molecule has 0 saturated heterocycles. The van der Waals surface area contributed by atoms with E-state index in [1.165, 1.54) is 4.57 Å². The highest BCUT2D eigenvalue weighted by atomic mass is 16.5. The molecule has 2 aromatic rings. The Morgan fingerprint density at radius 3 is 2.26 bits per heavy atom. The number of phenolic OH excluding ortho intramolecular Hbond substituents is 1. The highest BCUT2D eigenvalue weighted by Gasteiger charge is 2.18. The standard InChI is InChI=1S/C18H25NO4/c1-4-6-10-22-16-14-9-8-13(20)12-15(14)19(3)18(21)17(16)23-11-7-5-2/h8-9,12,20H,4-7,10-11H2,1-3H3. The maximum atomic E-state index is 12.6. The van der Waals surface area contributed by atoms with Crippen molar-refractivity contribution >= 4 is 10.9 Å². The van der Waals surface area contributed by atoms with Crippen molar-refractivity contribution in [2.24, 2.45) is 7.05 Å². The number of nitrogens with zero attached hydrogens (tertiary/aromatic N) is 1. The number of unbranched alkanes of at least 4 members (excludes halogenated alkanes) is 2. The van der Waals surface area contributed by atoms with E-state index >= 15 is 0 Å². The lowest BCUT2D eigenvalue weighted by Gasteiger charge is -2.17. The highest BCUT2D eigenvalue weighted by Crippen LogP contribution is 2.34. The number of rotatable bonds is 8. The van der Waals surface area contributed by atoms with Gasteiger partial charge in [0, 0.05) is 18.5 Å². The summed E-state index contributed by atoms with van der Waals surface area (Å²) in [5.74, 6) is 0.856. The highest BCUT2D eigenvalue weighted by molar-refractivity contribution is 5.88. The zero-order valence-electron chi connectivity index (χ0n) is 14.1. The first-order valence-corrected chi connectivity index (χ1v) is 8.21. The molecule has 5 heteroatoms. The van der Waals surface area contributed by atoms with Crippen LogP contribution in [0.2, 0.25) is 0 Å². The van der Waals surface area contributed by atoms with Gasteiger partial charge in [-0.15, -0.1) is 0 Å². The van der Waals surface area contributed by atoms with Crippen LogP contribution in [0.5, 0.6) is 17.2 Å². The van der Waals surface area contributed by atoms with Crippen molar-refractivity contribution in [3.05, 3.63) is 28.6 Å². The number of aromatic nitrogens is 1. The SMILES string of the molecule is CCCCOc1c(OCCCC)c2ccc(O)cc2n(C)c1=O. The molecule has 5 nitrogen and oxygen atoms in total. The minimum Gasteiger partial charge on any atom is -0.508 e. The molecule has 0 radical (unpaired) electrons. The largest absolute Gasteiger partial charge is 0.508 e. The van der Waals surface area contributed by atoms with Gasteiger partial charge >= 0.3 is 0 Å². The molecule has 0 aliphatic carbocycles. The van der Waals surface area contributed by atoms with Gasteiger partial charge in [0.2, 0.25) is 5.75 Å². The smallest absolute Gasteiger partial charge is 0.297 e. The molecule has 0 atom stereocenters. The van der Waals surface area contributed by atoms with E-state index in [-0.39, 0.29) is 17.1 Å². The summed E-state index contributed by atoms with van der Waals surface area (Å²) in [6, 6.07) is 4.92. The first-order chi connectivity index (χ1) is 11.1. The number of pyridine rings is 1. The summed E-state index contributed by atoms with van der Waals surface area (Å²) < 4.78 is 13.1. The minimum absolute atomic E-state index is 0.117. The number of ether oxygens (including phenoxy) is 2. The molecule has 0 spiro atoms. The van der Waals surface area contributed by atoms with Crippen molar-refractivity contribution in [1.82, 2.24) is 4.57 Å². The normalized spacial score (nSPS) is 10.9. The summed E-state index contributed by atoms with van der Waals surface area (Å²) in [6.07, 6.45) is 3.79. The van der Waals surface area contributed by atoms with Crippen LogP contribution in [-0.4, -0.2) is 22.9 Å². The molecule has 0 unspecified atom stereocenters. The zero-order valence-corrected chi connectivity index (χ0v) is 14.1. The quantitative estimate of drug-likeness (QED) is 0.755. The molecule has 1 heterocycles.